The Bertz CT molecular complexity index is 648. The van der Waals surface area contributed by atoms with Gasteiger partial charge in [-0.25, -0.2) is 4.99 Å². The number of aliphatic imine (C=N–C) groups is 1. The molecular weight excluding hydrogens is 268 g/mol. The van der Waals surface area contributed by atoms with Crippen molar-refractivity contribution in [3.63, 3.8) is 0 Å². The van der Waals surface area contributed by atoms with E-state index in [0.717, 1.165) is 36.1 Å². The fraction of sp³-hybridized carbons (Fsp3) is 0.350. The summed E-state index contributed by atoms with van der Waals surface area (Å²) in [6.07, 6.45) is 4.73. The molecule has 116 valence electrons. The van der Waals surface area contributed by atoms with Gasteiger partial charge < -0.3 is 5.73 Å². The topological polar surface area (TPSA) is 38.4 Å². The first-order valence-corrected chi connectivity index (χ1v) is 7.78. The number of aryl methyl sites for hydroxylation is 2. The lowest BCUT2D eigenvalue weighted by atomic mass is 10.0. The second-order valence-electron chi connectivity index (χ2n) is 5.36. The standard InChI is InChI=1S/C20H26N2/c1-6-9-18-12-17(7-2)13-19(14-18)10-11-20(22-8-3)15(4)16(5)21/h8,12-14H,3,6-7,9,21H2,1-2,4-5H3/b16-15+,22-20?. The van der Waals surface area contributed by atoms with E-state index in [0.29, 0.717) is 5.71 Å². The van der Waals surface area contributed by atoms with Gasteiger partial charge in [0, 0.05) is 23.0 Å². The van der Waals surface area contributed by atoms with E-state index in [1.807, 2.05) is 13.8 Å². The number of nitrogens with zero attached hydrogens (tertiary/aromatic N) is 1. The van der Waals surface area contributed by atoms with Gasteiger partial charge in [0.1, 0.15) is 5.71 Å². The molecule has 2 heteroatoms. The first-order valence-electron chi connectivity index (χ1n) is 7.78. The van der Waals surface area contributed by atoms with E-state index in [2.05, 4.69) is 55.5 Å². The minimum atomic E-state index is 0.675. The zero-order valence-electron chi connectivity index (χ0n) is 14.2. The molecule has 0 amide bonds. The first kappa shape index (κ1) is 17.8. The highest BCUT2D eigenvalue weighted by molar-refractivity contribution is 6.13. The second-order valence-corrected chi connectivity index (χ2v) is 5.36. The Morgan fingerprint density at radius 2 is 1.91 bits per heavy atom. The molecule has 1 aromatic carbocycles. The van der Waals surface area contributed by atoms with E-state index in [1.54, 1.807) is 0 Å². The normalized spacial score (nSPS) is 12.3. The van der Waals surface area contributed by atoms with E-state index in [9.17, 15) is 0 Å². The third-order valence-electron chi connectivity index (χ3n) is 3.49. The molecule has 0 aliphatic carbocycles. The Morgan fingerprint density at radius 1 is 1.23 bits per heavy atom. The summed E-state index contributed by atoms with van der Waals surface area (Å²) < 4.78 is 0. The second kappa shape index (κ2) is 8.89. The lowest BCUT2D eigenvalue weighted by Gasteiger charge is -2.05. The lowest BCUT2D eigenvalue weighted by Crippen LogP contribution is -2.04. The van der Waals surface area contributed by atoms with Gasteiger partial charge in [0.15, 0.2) is 0 Å². The monoisotopic (exact) mass is 294 g/mol. The van der Waals surface area contributed by atoms with E-state index in [4.69, 9.17) is 5.73 Å². The summed E-state index contributed by atoms with van der Waals surface area (Å²) in [5, 5.41) is 0. The van der Waals surface area contributed by atoms with Gasteiger partial charge in [0.2, 0.25) is 0 Å². The number of benzene rings is 1. The molecule has 0 saturated carbocycles. The quantitative estimate of drug-likeness (QED) is 0.635. The van der Waals surface area contributed by atoms with Gasteiger partial charge in [0.05, 0.1) is 0 Å². The fourth-order valence-corrected chi connectivity index (χ4v) is 2.10. The number of hydrogen-bond acceptors (Lipinski definition) is 2. The summed E-state index contributed by atoms with van der Waals surface area (Å²) in [4.78, 5) is 4.23. The van der Waals surface area contributed by atoms with Crippen molar-refractivity contribution in [2.45, 2.75) is 47.0 Å². The van der Waals surface area contributed by atoms with Crippen molar-refractivity contribution >= 4 is 5.71 Å². The smallest absolute Gasteiger partial charge is 0.118 e. The summed E-state index contributed by atoms with van der Waals surface area (Å²) in [6.45, 7) is 11.8. The van der Waals surface area contributed by atoms with Crippen LogP contribution >= 0.6 is 0 Å². The number of allylic oxidation sites excluding steroid dienone is 2. The molecule has 0 heterocycles. The fourth-order valence-electron chi connectivity index (χ4n) is 2.10. The predicted molar refractivity (Wildman–Crippen MR) is 96.9 cm³/mol. The maximum Gasteiger partial charge on any atom is 0.118 e. The van der Waals surface area contributed by atoms with Crippen molar-refractivity contribution in [2.24, 2.45) is 10.7 Å². The summed E-state index contributed by atoms with van der Waals surface area (Å²) in [7, 11) is 0. The highest BCUT2D eigenvalue weighted by Gasteiger charge is 2.01. The van der Waals surface area contributed by atoms with Crippen LogP contribution in [0.5, 0.6) is 0 Å². The predicted octanol–water partition coefficient (Wildman–Crippen LogP) is 4.39. The molecule has 0 atom stereocenters. The molecule has 0 bridgehead atoms. The van der Waals surface area contributed by atoms with Gasteiger partial charge in [-0.2, -0.15) is 0 Å². The van der Waals surface area contributed by atoms with Crippen LogP contribution in [0.2, 0.25) is 0 Å². The van der Waals surface area contributed by atoms with Crippen molar-refractivity contribution in [1.82, 2.24) is 0 Å². The van der Waals surface area contributed by atoms with E-state index < -0.39 is 0 Å². The van der Waals surface area contributed by atoms with Crippen LogP contribution in [0.25, 0.3) is 0 Å². The Hall–Kier alpha value is -2.27. The Morgan fingerprint density at radius 3 is 2.45 bits per heavy atom. The van der Waals surface area contributed by atoms with E-state index >= 15 is 0 Å². The van der Waals surface area contributed by atoms with E-state index in [1.165, 1.54) is 17.3 Å². The molecule has 2 nitrogen and oxygen atoms in total. The van der Waals surface area contributed by atoms with Crippen LogP contribution in [0.4, 0.5) is 0 Å². The average molecular weight is 294 g/mol. The maximum absolute atomic E-state index is 5.84. The van der Waals surface area contributed by atoms with Crippen molar-refractivity contribution in [3.05, 3.63) is 58.9 Å². The van der Waals surface area contributed by atoms with Gasteiger partial charge in [-0.15, -0.1) is 0 Å². The number of hydrogen-bond donors (Lipinski definition) is 1. The maximum atomic E-state index is 5.84. The van der Waals surface area contributed by atoms with Crippen molar-refractivity contribution < 1.29 is 0 Å². The third-order valence-corrected chi connectivity index (χ3v) is 3.49. The van der Waals surface area contributed by atoms with Crippen LogP contribution in [0, 0.1) is 11.8 Å². The molecule has 0 spiro atoms. The lowest BCUT2D eigenvalue weighted by molar-refractivity contribution is 0.916. The zero-order chi connectivity index (χ0) is 16.5. The molecule has 0 unspecified atom stereocenters. The molecule has 1 aromatic rings. The Kier molecular flexibility index (Phi) is 7.19. The largest absolute Gasteiger partial charge is 0.402 e. The summed E-state index contributed by atoms with van der Waals surface area (Å²) in [5.74, 6) is 6.35. The molecule has 0 aliphatic rings. The highest BCUT2D eigenvalue weighted by atomic mass is 14.7. The average Bonchev–Trinajstić information content (AvgIpc) is 2.50. The van der Waals surface area contributed by atoms with Gasteiger partial charge in [-0.3, -0.25) is 0 Å². The van der Waals surface area contributed by atoms with Crippen LogP contribution in [0.1, 0.15) is 50.8 Å². The van der Waals surface area contributed by atoms with Gasteiger partial charge >= 0.3 is 0 Å². The van der Waals surface area contributed by atoms with Gasteiger partial charge in [-0.05, 0) is 55.9 Å². The van der Waals surface area contributed by atoms with Crippen LogP contribution in [0.15, 0.2) is 47.2 Å². The molecule has 0 aromatic heterocycles. The van der Waals surface area contributed by atoms with Gasteiger partial charge in [0.25, 0.3) is 0 Å². The van der Waals surface area contributed by atoms with Crippen LogP contribution in [-0.2, 0) is 12.8 Å². The third kappa shape index (κ3) is 5.26. The Balaban J connectivity index is 3.23. The summed E-state index contributed by atoms with van der Waals surface area (Å²) in [5.41, 5.74) is 11.8. The van der Waals surface area contributed by atoms with Gasteiger partial charge in [-0.1, -0.05) is 38.8 Å². The Labute approximate surface area is 134 Å². The molecular formula is C20H26N2. The SMILES string of the molecule is C=CN=C(C#Cc1cc(CC)cc(CCC)c1)/C(C)=C(\C)N. The minimum Gasteiger partial charge on any atom is -0.402 e. The summed E-state index contributed by atoms with van der Waals surface area (Å²) >= 11 is 0. The molecule has 22 heavy (non-hydrogen) atoms. The number of rotatable bonds is 5. The summed E-state index contributed by atoms with van der Waals surface area (Å²) in [6, 6.07) is 6.57. The minimum absolute atomic E-state index is 0.675. The molecule has 2 N–H and O–H groups in total. The van der Waals surface area contributed by atoms with Crippen LogP contribution < -0.4 is 5.73 Å². The van der Waals surface area contributed by atoms with Crippen molar-refractivity contribution in [2.75, 3.05) is 0 Å². The van der Waals surface area contributed by atoms with Crippen LogP contribution in [0.3, 0.4) is 0 Å². The molecule has 0 saturated heterocycles. The number of nitrogens with two attached hydrogens (primary N) is 1. The first-order chi connectivity index (χ1) is 10.5. The highest BCUT2D eigenvalue weighted by Crippen LogP contribution is 2.12. The molecule has 0 fully saturated rings. The molecule has 0 aliphatic heterocycles. The zero-order valence-corrected chi connectivity index (χ0v) is 14.2. The van der Waals surface area contributed by atoms with Crippen LogP contribution in [-0.4, -0.2) is 5.71 Å². The van der Waals surface area contributed by atoms with Crippen molar-refractivity contribution in [3.8, 4) is 11.8 Å². The molecule has 1 rings (SSSR count). The van der Waals surface area contributed by atoms with E-state index in [-0.39, 0.29) is 0 Å². The molecule has 0 radical (unpaired) electrons. The van der Waals surface area contributed by atoms with Crippen molar-refractivity contribution in [1.29, 1.82) is 0 Å².